The molecule has 5 aromatic carbocycles. The first-order valence-corrected chi connectivity index (χ1v) is 45.4. The Kier molecular flexibility index (Phi) is 30.5. The number of benzene rings is 5. The number of aliphatic hydroxyl groups excluding tert-OH is 6. The van der Waals surface area contributed by atoms with E-state index < -0.39 is 296 Å². The van der Waals surface area contributed by atoms with E-state index in [-0.39, 0.29) is 75.2 Å². The van der Waals surface area contributed by atoms with Gasteiger partial charge in [0, 0.05) is 65.6 Å². The van der Waals surface area contributed by atoms with Crippen molar-refractivity contribution in [2.45, 2.75) is 181 Å². The number of phenols is 3. The number of aliphatic hydroxyl groups is 6. The molecule has 49 heteroatoms. The summed E-state index contributed by atoms with van der Waals surface area (Å²) in [5, 5.41) is 144. The molecular weight excluding hydrogens is 1890 g/mol. The van der Waals surface area contributed by atoms with Gasteiger partial charge in [-0.2, -0.15) is 0 Å². The largest absolute Gasteiger partial charge is 0.543 e. The number of carboxylic acids is 1. The minimum atomic E-state index is -2.41. The number of carboxylic acid groups (broad SMARTS) is 1. The number of aromatic hydroxyl groups is 3. The number of β-lactam (4-membered cyclic amide) rings is 1. The highest BCUT2D eigenvalue weighted by molar-refractivity contribution is 8.00. The number of carbonyl (C=O) groups excluding carboxylic acids is 11. The van der Waals surface area contributed by atoms with Crippen LogP contribution < -0.4 is 88.9 Å². The number of aliphatic carboxylic acids is 1. The predicted molar refractivity (Wildman–Crippen MR) is 477 cm³/mol. The molecule has 11 bridgehead atoms. The Hall–Kier alpha value is -12.4. The van der Waals surface area contributed by atoms with Gasteiger partial charge >= 0.3 is 0 Å². The fourth-order valence-corrected chi connectivity index (χ4v) is 19.2. The number of thiazole rings is 1. The summed E-state index contributed by atoms with van der Waals surface area (Å²) < 4.78 is 40.3. The Labute approximate surface area is 795 Å². The van der Waals surface area contributed by atoms with Crippen LogP contribution in [0.4, 0.5) is 5.13 Å². The minimum Gasteiger partial charge on any atom is -0.543 e. The number of pyridine rings is 1. The van der Waals surface area contributed by atoms with Crippen LogP contribution in [0.5, 0.6) is 46.0 Å². The van der Waals surface area contributed by atoms with Crippen LogP contribution in [-0.4, -0.2) is 249 Å². The van der Waals surface area contributed by atoms with Gasteiger partial charge in [0.2, 0.25) is 59.3 Å². The lowest BCUT2D eigenvalue weighted by Crippen LogP contribution is -2.71. The van der Waals surface area contributed by atoms with Crippen molar-refractivity contribution < 1.29 is 142 Å². The van der Waals surface area contributed by atoms with Crippen molar-refractivity contribution in [3.05, 3.63) is 169 Å². The number of carbonyl (C=O) groups is 11. The van der Waals surface area contributed by atoms with Gasteiger partial charge in [0.15, 0.2) is 53.7 Å². The quantitative estimate of drug-likeness (QED) is 0.0114. The molecule has 0 spiro atoms. The van der Waals surface area contributed by atoms with Crippen LogP contribution in [0, 0.1) is 5.92 Å². The van der Waals surface area contributed by atoms with Crippen LogP contribution in [0.3, 0.4) is 0 Å². The number of hydrogen-bond acceptors (Lipinski definition) is 35. The summed E-state index contributed by atoms with van der Waals surface area (Å²) in [5.41, 5.74) is 13.1. The van der Waals surface area contributed by atoms with E-state index in [2.05, 4.69) is 58.0 Å². The Morgan fingerprint density at radius 3 is 2.04 bits per heavy atom. The van der Waals surface area contributed by atoms with Crippen LogP contribution in [-0.2, 0) is 78.3 Å². The lowest BCUT2D eigenvalue weighted by molar-refractivity contribution is -0.689. The second kappa shape index (κ2) is 41.7. The van der Waals surface area contributed by atoms with Gasteiger partial charge in [0.1, 0.15) is 124 Å². The molecule has 9 aliphatic rings. The Bertz CT molecular complexity index is 5920. The number of oxime groups is 1. The average molecular weight is 1980 g/mol. The fraction of sp³-hybridized carbons (Fsp3) is 0.402. The van der Waals surface area contributed by atoms with Gasteiger partial charge in [0.05, 0.1) is 53.0 Å². The third-order valence-electron chi connectivity index (χ3n) is 23.4. The highest BCUT2D eigenvalue weighted by Crippen LogP contribution is 2.51. The molecule has 9 aliphatic heterocycles. The number of phenolic OH excluding ortho intramolecular Hbond substituents is 3. The van der Waals surface area contributed by atoms with E-state index in [9.17, 15) is 75.0 Å². The number of amides is 10. The standard InChI is InChI=1S/C87H95Cl3N16O28S2/c1-33(2)20-45(94-5)74(117)100-62-66(112)36-11-14-49(43(88)22-36)130-51-24-38-25-52(70(51)134-85-71(69(115)68(114)53(31-107)132-85)133-55-29-87(4,93)72(116)34(3)129-55)131-50-15-12-37(23-44(50)89)67(113)63-81(124)99-59(42-26-40(108)27-48(110)56(42)41-21-35(10-13-47(41)109)57(77(120)101-63)98-78(121)58(38)97-75(118)46(28-54(91)111)96-80(62)123)76(119)95-16-9-19-128-104-61(60-73(90)136-86(92)103-60)79(122)102-64-82(125)106-65(84(126)127)39(32-135-83(64)106)30-105-17-7-6-8-18-105/h6-8,10-15,17-18,21-27,33-34,45-46,53,55,57-59,62-64,66-69,71-72,83,85,94,107,112-116H,9,16,19-20,28-32,93H2,1-5H3,(H15-,91,92,95,96,97,98,99,100,101,102,103,104,108,109,110,111,117,118,119,120,121,122,123,124,126,127)/t34-,45+,46-,53+,55-,57+,58+,59-,62?,63-,64+,66+,67+,68+,69-,71+,72+,83+,85-,87-/m0/s1. The molecule has 24 N–H and O–H groups in total. The number of nitrogens with zero attached hydrogens (tertiary/aromatic N) is 4. The molecule has 3 saturated heterocycles. The normalized spacial score (nSPS) is 27.1. The third-order valence-corrected chi connectivity index (χ3v) is 26.4. The molecule has 724 valence electrons. The van der Waals surface area contributed by atoms with E-state index in [4.69, 9.17) is 85.3 Å². The summed E-state index contributed by atoms with van der Waals surface area (Å²) in [6, 6.07) is 2.92. The smallest absolute Gasteiger partial charge is 0.276 e. The Morgan fingerprint density at radius 1 is 0.765 bits per heavy atom. The second-order valence-electron chi connectivity index (χ2n) is 33.6. The zero-order valence-electron chi connectivity index (χ0n) is 72.6. The van der Waals surface area contributed by atoms with Gasteiger partial charge in [-0.3, -0.25) is 52.8 Å². The number of fused-ring (bicyclic) bond motifs is 16. The van der Waals surface area contributed by atoms with E-state index in [1.807, 2.05) is 0 Å². The van der Waals surface area contributed by atoms with Crippen LogP contribution >= 0.6 is 57.9 Å². The molecule has 1 unspecified atom stereocenters. The Balaban J connectivity index is 0.849. The number of anilines is 1. The van der Waals surface area contributed by atoms with E-state index in [0.717, 1.165) is 83.0 Å². The molecule has 0 radical (unpaired) electrons. The molecule has 0 aliphatic carbocycles. The lowest BCUT2D eigenvalue weighted by Gasteiger charge is -2.50. The van der Waals surface area contributed by atoms with Gasteiger partial charge in [-0.05, 0) is 116 Å². The maximum absolute atomic E-state index is 16.4. The first-order chi connectivity index (χ1) is 64.6. The van der Waals surface area contributed by atoms with E-state index in [1.54, 1.807) is 49.0 Å². The molecule has 11 heterocycles. The summed E-state index contributed by atoms with van der Waals surface area (Å²) in [5.74, 6) is -19.2. The van der Waals surface area contributed by atoms with Crippen molar-refractivity contribution >= 4 is 134 Å². The highest BCUT2D eigenvalue weighted by Gasteiger charge is 2.55. The highest BCUT2D eigenvalue weighted by atomic mass is 35.5. The fourth-order valence-electron chi connectivity index (χ4n) is 16.5. The summed E-state index contributed by atoms with van der Waals surface area (Å²) >= 11 is 22.8. The van der Waals surface area contributed by atoms with E-state index in [0.29, 0.717) is 5.57 Å². The molecule has 136 heavy (non-hydrogen) atoms. The maximum atomic E-state index is 16.4. The lowest BCUT2D eigenvalue weighted by atomic mass is 9.86. The first kappa shape index (κ1) is 99.6. The molecule has 3 fully saturated rings. The van der Waals surface area contributed by atoms with Crippen molar-refractivity contribution in [2.24, 2.45) is 22.5 Å². The number of halogens is 3. The van der Waals surface area contributed by atoms with Crippen molar-refractivity contribution in [3.63, 3.8) is 0 Å². The second-order valence-corrected chi connectivity index (χ2v) is 37.2. The Morgan fingerprint density at radius 2 is 1.42 bits per heavy atom. The van der Waals surface area contributed by atoms with Gasteiger partial charge in [-0.25, -0.2) is 9.55 Å². The topological polar surface area (TPSA) is 676 Å². The van der Waals surface area contributed by atoms with Crippen molar-refractivity contribution in [1.82, 2.24) is 57.7 Å². The molecule has 10 amide bonds. The summed E-state index contributed by atoms with van der Waals surface area (Å²) in [4.78, 5) is 173. The number of aromatic nitrogens is 2. The number of primary amides is 1. The number of nitrogens with two attached hydrogens (primary N) is 3. The molecule has 44 nitrogen and oxygen atoms in total. The summed E-state index contributed by atoms with van der Waals surface area (Å²) in [6.45, 7) is 4.79. The summed E-state index contributed by atoms with van der Waals surface area (Å²) in [7, 11) is 1.46. The molecule has 20 atom stereocenters. The minimum absolute atomic E-state index is 0.107. The number of likely N-dealkylation sites (N-methyl/N-ethyl adjacent to an activating group) is 1. The monoisotopic (exact) mass is 1980 g/mol. The van der Waals surface area contributed by atoms with Gasteiger partial charge < -0.3 is 154 Å². The average Bonchev–Trinajstić information content (AvgIpc) is 0.767. The number of rotatable bonds is 24. The third kappa shape index (κ3) is 21.4. The molecule has 16 rings (SSSR count). The van der Waals surface area contributed by atoms with Crippen molar-refractivity contribution in [2.75, 3.05) is 38.3 Å². The number of nitrogen functional groups attached to an aromatic ring is 1. The van der Waals surface area contributed by atoms with E-state index >= 15 is 28.8 Å². The van der Waals surface area contributed by atoms with Crippen LogP contribution in [0.2, 0.25) is 14.4 Å². The van der Waals surface area contributed by atoms with Crippen molar-refractivity contribution in [1.29, 1.82) is 0 Å². The molecule has 0 saturated carbocycles. The van der Waals surface area contributed by atoms with Gasteiger partial charge in [0.25, 0.3) is 11.8 Å². The molecule has 7 aromatic rings. The molecular formula is C87H95Cl3N16O28S2. The zero-order valence-corrected chi connectivity index (χ0v) is 76.5. The SMILES string of the molecule is CN[C@H](CC(C)C)C(=O)NC1C(=O)N[C@@H](CC(N)=O)C(=O)N[C@H]2C(=O)N[C@H]3C(=O)N[C@H](C(=O)N[C@H](C(=O)NCCCO/N=C(/C(=O)N[C@@H]4C(=O)N5C(C(=O)[O-])=C(C[n+]6ccccc6)CS[C@H]45)c4nc(N)sc4Cl)c4cc(O)cc(O)c4-c4cc3ccc4O)[C@H](O)c3ccc(c(Cl)c3)Oc3cc2cc(c3O[C@@H]2O[C@H](CO)[C@@H](O)[C@H](O)[C@H]2O[C@H]2C[C@](C)(N)[C@H](O)[C@H](C)O2)Oc2ccc(cc2Cl)[C@H]1O. The van der Waals surface area contributed by atoms with Crippen LogP contribution in [0.25, 0.3) is 11.1 Å². The zero-order chi connectivity index (χ0) is 98.1. The van der Waals surface area contributed by atoms with E-state index in [1.165, 1.54) is 44.8 Å². The maximum Gasteiger partial charge on any atom is 0.276 e. The number of thioether (sulfide) groups is 1. The molecule has 2 aromatic heterocycles. The van der Waals surface area contributed by atoms with Crippen LogP contribution in [0.15, 0.2) is 126 Å². The van der Waals surface area contributed by atoms with Gasteiger partial charge in [-0.15, -0.1) is 11.8 Å². The number of ether oxygens (including phenoxy) is 6. The number of nitrogens with one attached hydrogen (secondary N) is 9. The van der Waals surface area contributed by atoms with Gasteiger partial charge in [-0.1, -0.05) is 89.4 Å². The summed E-state index contributed by atoms with van der Waals surface area (Å²) in [6.07, 6.45) is -15.9. The predicted octanol–water partition coefficient (Wildman–Crippen LogP) is -0.968. The first-order valence-electron chi connectivity index (χ1n) is 42.4. The number of hydrogen-bond donors (Lipinski definition) is 21. The van der Waals surface area contributed by atoms with Crippen molar-refractivity contribution in [3.8, 4) is 57.1 Å². The van der Waals surface area contributed by atoms with Crippen LogP contribution in [0.1, 0.15) is 117 Å².